The van der Waals surface area contributed by atoms with Crippen molar-refractivity contribution in [2.75, 3.05) is 46.3 Å². The molecule has 0 saturated carbocycles. The Bertz CT molecular complexity index is 764. The number of hydrogen-bond donors (Lipinski definition) is 1. The predicted molar refractivity (Wildman–Crippen MR) is 103 cm³/mol. The molecule has 0 spiro atoms. The Kier molecular flexibility index (Phi) is 5.66. The second-order valence-electron chi connectivity index (χ2n) is 6.85. The van der Waals surface area contributed by atoms with Gasteiger partial charge in [0, 0.05) is 43.8 Å². The van der Waals surface area contributed by atoms with Gasteiger partial charge in [-0.15, -0.1) is 11.3 Å². The zero-order valence-electron chi connectivity index (χ0n) is 15.6. The molecule has 2 aromatic rings. The summed E-state index contributed by atoms with van der Waals surface area (Å²) in [5.74, 6) is 0.765. The molecule has 0 aliphatic carbocycles. The van der Waals surface area contributed by atoms with Gasteiger partial charge in [-0.2, -0.15) is 0 Å². The van der Waals surface area contributed by atoms with Gasteiger partial charge in [0.15, 0.2) is 0 Å². The molecular formula is C18H27N5OS. The molecule has 1 fully saturated rings. The molecule has 25 heavy (non-hydrogen) atoms. The SMILES string of the molecule is Cc1nc(C)c2c(C)c(C(=O)NCCCN3CCN(C)CC3)sc2n1. The van der Waals surface area contributed by atoms with Gasteiger partial charge in [0.1, 0.15) is 10.7 Å². The smallest absolute Gasteiger partial charge is 0.261 e. The molecular weight excluding hydrogens is 334 g/mol. The first-order valence-electron chi connectivity index (χ1n) is 8.89. The normalized spacial score (nSPS) is 16.5. The van der Waals surface area contributed by atoms with Crippen molar-refractivity contribution in [2.45, 2.75) is 27.2 Å². The quantitative estimate of drug-likeness (QED) is 0.825. The molecule has 1 aliphatic rings. The summed E-state index contributed by atoms with van der Waals surface area (Å²) in [6.07, 6.45) is 0.983. The molecule has 0 atom stereocenters. The minimum Gasteiger partial charge on any atom is -0.351 e. The van der Waals surface area contributed by atoms with Crippen molar-refractivity contribution < 1.29 is 4.79 Å². The number of carbonyl (C=O) groups is 1. The van der Waals surface area contributed by atoms with E-state index in [1.54, 1.807) is 0 Å². The minimum absolute atomic E-state index is 0.0101. The highest BCUT2D eigenvalue weighted by molar-refractivity contribution is 7.20. The fourth-order valence-electron chi connectivity index (χ4n) is 3.35. The molecule has 1 N–H and O–H groups in total. The fraction of sp³-hybridized carbons (Fsp3) is 0.611. The van der Waals surface area contributed by atoms with Crippen LogP contribution in [-0.2, 0) is 0 Å². The van der Waals surface area contributed by atoms with Crippen LogP contribution in [-0.4, -0.2) is 72.0 Å². The van der Waals surface area contributed by atoms with E-state index < -0.39 is 0 Å². The topological polar surface area (TPSA) is 61.4 Å². The average Bonchev–Trinajstić information content (AvgIpc) is 2.90. The van der Waals surface area contributed by atoms with Gasteiger partial charge in [-0.3, -0.25) is 4.79 Å². The third-order valence-electron chi connectivity index (χ3n) is 4.82. The van der Waals surface area contributed by atoms with Crippen molar-refractivity contribution in [3.8, 4) is 0 Å². The molecule has 2 aromatic heterocycles. The van der Waals surface area contributed by atoms with Crippen LogP contribution in [0.1, 0.15) is 33.2 Å². The van der Waals surface area contributed by atoms with E-state index in [4.69, 9.17) is 0 Å². The van der Waals surface area contributed by atoms with Crippen LogP contribution >= 0.6 is 11.3 Å². The first-order valence-corrected chi connectivity index (χ1v) is 9.71. The van der Waals surface area contributed by atoms with Crippen molar-refractivity contribution in [3.05, 3.63) is 22.0 Å². The summed E-state index contributed by atoms with van der Waals surface area (Å²) in [6, 6.07) is 0. The van der Waals surface area contributed by atoms with Gasteiger partial charge in [0.2, 0.25) is 0 Å². The first kappa shape index (κ1) is 18.2. The van der Waals surface area contributed by atoms with Gasteiger partial charge in [-0.05, 0) is 46.3 Å². The molecule has 136 valence electrons. The van der Waals surface area contributed by atoms with E-state index in [1.165, 1.54) is 11.3 Å². The van der Waals surface area contributed by atoms with E-state index in [2.05, 4.69) is 32.1 Å². The van der Waals surface area contributed by atoms with Crippen molar-refractivity contribution >= 4 is 27.5 Å². The Hall–Kier alpha value is -1.57. The van der Waals surface area contributed by atoms with E-state index in [9.17, 15) is 4.79 Å². The summed E-state index contributed by atoms with van der Waals surface area (Å²) in [4.78, 5) is 28.0. The molecule has 0 unspecified atom stereocenters. The summed E-state index contributed by atoms with van der Waals surface area (Å²) < 4.78 is 0. The molecule has 1 aliphatic heterocycles. The van der Waals surface area contributed by atoms with Crippen molar-refractivity contribution in [3.63, 3.8) is 0 Å². The van der Waals surface area contributed by atoms with E-state index in [0.29, 0.717) is 6.54 Å². The number of fused-ring (bicyclic) bond motifs is 1. The predicted octanol–water partition coefficient (Wildman–Crippen LogP) is 1.98. The summed E-state index contributed by atoms with van der Waals surface area (Å²) in [5, 5.41) is 4.10. The van der Waals surface area contributed by atoms with Crippen LogP contribution in [0, 0.1) is 20.8 Å². The maximum atomic E-state index is 12.6. The number of likely N-dealkylation sites (N-methyl/N-ethyl adjacent to an activating group) is 1. The van der Waals surface area contributed by atoms with Crippen LogP contribution < -0.4 is 5.32 Å². The monoisotopic (exact) mass is 361 g/mol. The number of amides is 1. The second-order valence-corrected chi connectivity index (χ2v) is 7.85. The maximum absolute atomic E-state index is 12.6. The van der Waals surface area contributed by atoms with Crippen LogP contribution in [0.3, 0.4) is 0 Å². The number of nitrogens with zero attached hydrogens (tertiary/aromatic N) is 4. The Morgan fingerprint density at radius 2 is 1.88 bits per heavy atom. The minimum atomic E-state index is 0.0101. The van der Waals surface area contributed by atoms with E-state index >= 15 is 0 Å². The number of hydrogen-bond acceptors (Lipinski definition) is 6. The highest BCUT2D eigenvalue weighted by Gasteiger charge is 2.18. The number of piperazine rings is 1. The second kappa shape index (κ2) is 7.76. The molecule has 0 aromatic carbocycles. The van der Waals surface area contributed by atoms with Crippen LogP contribution in [0.15, 0.2) is 0 Å². The summed E-state index contributed by atoms with van der Waals surface area (Å²) in [7, 11) is 2.17. The van der Waals surface area contributed by atoms with E-state index in [-0.39, 0.29) is 5.91 Å². The standard InChI is InChI=1S/C18H27N5OS/c1-12-15-13(2)20-14(3)21-18(15)25-16(12)17(24)19-6-5-7-23-10-8-22(4)9-11-23/h5-11H2,1-4H3,(H,19,24). The highest BCUT2D eigenvalue weighted by Crippen LogP contribution is 2.31. The Labute approximate surface area is 153 Å². The Morgan fingerprint density at radius 3 is 2.60 bits per heavy atom. The van der Waals surface area contributed by atoms with Crippen molar-refractivity contribution in [2.24, 2.45) is 0 Å². The zero-order valence-corrected chi connectivity index (χ0v) is 16.4. The van der Waals surface area contributed by atoms with Crippen LogP contribution in [0.25, 0.3) is 10.2 Å². The number of thiophene rings is 1. The van der Waals surface area contributed by atoms with Gasteiger partial charge in [0.05, 0.1) is 4.88 Å². The number of aromatic nitrogens is 2. The number of carbonyl (C=O) groups excluding carboxylic acids is 1. The molecule has 7 heteroatoms. The third kappa shape index (κ3) is 4.16. The summed E-state index contributed by atoms with van der Waals surface area (Å²) in [6.45, 7) is 12.1. The molecule has 1 saturated heterocycles. The third-order valence-corrected chi connectivity index (χ3v) is 6.01. The lowest BCUT2D eigenvalue weighted by Gasteiger charge is -2.32. The average molecular weight is 362 g/mol. The maximum Gasteiger partial charge on any atom is 0.261 e. The van der Waals surface area contributed by atoms with Gasteiger partial charge in [-0.25, -0.2) is 9.97 Å². The van der Waals surface area contributed by atoms with Crippen LogP contribution in [0.4, 0.5) is 0 Å². The Morgan fingerprint density at radius 1 is 1.16 bits per heavy atom. The first-order chi connectivity index (χ1) is 12.0. The molecule has 6 nitrogen and oxygen atoms in total. The summed E-state index contributed by atoms with van der Waals surface area (Å²) in [5.41, 5.74) is 1.94. The lowest BCUT2D eigenvalue weighted by molar-refractivity contribution is 0.0953. The lowest BCUT2D eigenvalue weighted by Crippen LogP contribution is -2.45. The number of rotatable bonds is 5. The largest absolute Gasteiger partial charge is 0.351 e. The zero-order chi connectivity index (χ0) is 18.0. The summed E-state index contributed by atoms with van der Waals surface area (Å²) >= 11 is 1.47. The van der Waals surface area contributed by atoms with Crippen LogP contribution in [0.5, 0.6) is 0 Å². The number of nitrogens with one attached hydrogen (secondary N) is 1. The molecule has 1 amide bonds. The highest BCUT2D eigenvalue weighted by atomic mass is 32.1. The van der Waals surface area contributed by atoms with E-state index in [0.717, 1.165) is 71.3 Å². The van der Waals surface area contributed by atoms with Gasteiger partial charge >= 0.3 is 0 Å². The number of aryl methyl sites for hydroxylation is 3. The molecule has 0 bridgehead atoms. The molecule has 3 heterocycles. The van der Waals surface area contributed by atoms with Gasteiger partial charge in [0.25, 0.3) is 5.91 Å². The van der Waals surface area contributed by atoms with Gasteiger partial charge in [-0.1, -0.05) is 0 Å². The van der Waals surface area contributed by atoms with Crippen molar-refractivity contribution in [1.29, 1.82) is 0 Å². The fourth-order valence-corrected chi connectivity index (χ4v) is 4.54. The Balaban J connectivity index is 1.56. The molecule has 3 rings (SSSR count). The lowest BCUT2D eigenvalue weighted by atomic mass is 10.1. The van der Waals surface area contributed by atoms with E-state index in [1.807, 2.05) is 20.8 Å². The van der Waals surface area contributed by atoms with Gasteiger partial charge < -0.3 is 15.1 Å². The van der Waals surface area contributed by atoms with Crippen molar-refractivity contribution in [1.82, 2.24) is 25.1 Å². The van der Waals surface area contributed by atoms with Crippen LogP contribution in [0.2, 0.25) is 0 Å². The molecule has 0 radical (unpaired) electrons.